The Morgan fingerprint density at radius 2 is 2.13 bits per heavy atom. The largest absolute Gasteiger partial charge is 0.345 e. The van der Waals surface area contributed by atoms with Crippen LogP contribution in [0.2, 0.25) is 5.02 Å². The number of aromatic amines is 2. The van der Waals surface area contributed by atoms with Gasteiger partial charge >= 0.3 is 0 Å². The van der Waals surface area contributed by atoms with Gasteiger partial charge in [0.1, 0.15) is 17.5 Å². The minimum atomic E-state index is -0.769. The number of H-pyrrole nitrogens is 2. The van der Waals surface area contributed by atoms with Gasteiger partial charge in [-0.25, -0.2) is 14.4 Å². The van der Waals surface area contributed by atoms with Crippen molar-refractivity contribution in [3.63, 3.8) is 0 Å². The van der Waals surface area contributed by atoms with Crippen molar-refractivity contribution in [1.29, 1.82) is 0 Å². The van der Waals surface area contributed by atoms with Crippen molar-refractivity contribution in [3.8, 4) is 0 Å². The molecule has 0 saturated heterocycles. The van der Waals surface area contributed by atoms with E-state index in [4.69, 9.17) is 11.6 Å². The van der Waals surface area contributed by atoms with Crippen molar-refractivity contribution in [2.75, 3.05) is 16.8 Å². The van der Waals surface area contributed by atoms with Crippen LogP contribution in [-0.4, -0.2) is 42.8 Å². The first-order chi connectivity index (χ1) is 14.6. The van der Waals surface area contributed by atoms with Crippen molar-refractivity contribution in [1.82, 2.24) is 30.1 Å². The number of rotatable bonds is 7. The van der Waals surface area contributed by atoms with Crippen LogP contribution in [0.25, 0.3) is 11.0 Å². The Kier molecular flexibility index (Phi) is 4.74. The second-order valence-electron chi connectivity index (χ2n) is 7.29. The van der Waals surface area contributed by atoms with Crippen molar-refractivity contribution in [3.05, 3.63) is 53.1 Å². The third-order valence-corrected chi connectivity index (χ3v) is 5.67. The van der Waals surface area contributed by atoms with Crippen molar-refractivity contribution >= 4 is 40.2 Å². The predicted molar refractivity (Wildman–Crippen MR) is 114 cm³/mol. The van der Waals surface area contributed by atoms with E-state index in [2.05, 4.69) is 35.5 Å². The summed E-state index contributed by atoms with van der Waals surface area (Å²) in [6.07, 6.45) is 3.11. The van der Waals surface area contributed by atoms with Gasteiger partial charge in [-0.05, 0) is 31.0 Å². The van der Waals surface area contributed by atoms with Gasteiger partial charge in [-0.3, -0.25) is 5.10 Å². The molecule has 8 nitrogen and oxygen atoms in total. The molecule has 3 heterocycles. The summed E-state index contributed by atoms with van der Waals surface area (Å²) in [6, 6.07) is 7.54. The van der Waals surface area contributed by atoms with Crippen LogP contribution in [-0.2, 0) is 6.54 Å². The molecule has 0 radical (unpaired) electrons. The van der Waals surface area contributed by atoms with E-state index in [0.29, 0.717) is 42.1 Å². The number of fused-ring (bicyclic) bond motifs is 1. The highest BCUT2D eigenvalue weighted by Gasteiger charge is 2.40. The van der Waals surface area contributed by atoms with Crippen LogP contribution in [0.15, 0.2) is 36.8 Å². The fraction of sp³-hybridized carbons (Fsp3) is 0.300. The number of hydrogen-bond acceptors (Lipinski definition) is 6. The molecule has 0 aliphatic heterocycles. The Bertz CT molecular complexity index is 1190. The maximum atomic E-state index is 13.2. The summed E-state index contributed by atoms with van der Waals surface area (Å²) in [5, 5.41) is 10.9. The van der Waals surface area contributed by atoms with Crippen LogP contribution in [0.3, 0.4) is 0 Å². The van der Waals surface area contributed by atoms with E-state index in [0.717, 1.165) is 22.3 Å². The van der Waals surface area contributed by atoms with Gasteiger partial charge in [-0.2, -0.15) is 10.1 Å². The van der Waals surface area contributed by atoms with E-state index in [1.807, 2.05) is 30.0 Å². The first-order valence-corrected chi connectivity index (χ1v) is 10.1. The molecule has 1 aliphatic carbocycles. The van der Waals surface area contributed by atoms with Crippen LogP contribution in [0.4, 0.5) is 22.0 Å². The Balaban J connectivity index is 1.34. The molecule has 10 heteroatoms. The van der Waals surface area contributed by atoms with Crippen LogP contribution < -0.4 is 10.2 Å². The summed E-state index contributed by atoms with van der Waals surface area (Å²) in [5.74, 6) is 1.71. The fourth-order valence-electron chi connectivity index (χ4n) is 3.45. The third kappa shape index (κ3) is 3.56. The molecule has 0 spiro atoms. The van der Waals surface area contributed by atoms with Crippen LogP contribution >= 0.6 is 11.6 Å². The van der Waals surface area contributed by atoms with Gasteiger partial charge in [0.05, 0.1) is 16.9 Å². The molecule has 0 amide bonds. The van der Waals surface area contributed by atoms with Gasteiger partial charge in [-0.1, -0.05) is 17.7 Å². The number of benzene rings is 1. The molecule has 154 valence electrons. The number of aromatic nitrogens is 6. The minimum Gasteiger partial charge on any atom is -0.345 e. The number of nitrogens with zero attached hydrogens (tertiary/aromatic N) is 5. The maximum Gasteiger partial charge on any atom is 0.227 e. The molecule has 30 heavy (non-hydrogen) atoms. The summed E-state index contributed by atoms with van der Waals surface area (Å²) >= 11 is 6.55. The standard InChI is InChI=1S/C20H20ClFN8/c1-2-30(9-11-3-4-14-19(18(11)21)25-10-24-14)20-23-6-5-16(27-20)26-17-8-15(28-29-17)12-7-13(12)22/h3-6,8,10,12-13H,2,7,9H2,1H3,(H,24,25)(H2,23,26,27,28,29)/t12-,13+/m1/s1. The average molecular weight is 427 g/mol. The van der Waals surface area contributed by atoms with E-state index < -0.39 is 6.17 Å². The molecule has 1 fully saturated rings. The van der Waals surface area contributed by atoms with Crippen LogP contribution in [0, 0.1) is 0 Å². The summed E-state index contributed by atoms with van der Waals surface area (Å²) < 4.78 is 13.2. The zero-order valence-electron chi connectivity index (χ0n) is 16.2. The second kappa shape index (κ2) is 7.56. The van der Waals surface area contributed by atoms with E-state index >= 15 is 0 Å². The topological polar surface area (TPSA) is 98.4 Å². The molecule has 1 aliphatic rings. The smallest absolute Gasteiger partial charge is 0.227 e. The summed E-state index contributed by atoms with van der Waals surface area (Å²) in [7, 11) is 0. The van der Waals surface area contributed by atoms with Crippen LogP contribution in [0.5, 0.6) is 0 Å². The number of nitrogens with one attached hydrogen (secondary N) is 3. The molecule has 0 unspecified atom stereocenters. The maximum absolute atomic E-state index is 13.2. The molecule has 2 atom stereocenters. The number of hydrogen-bond donors (Lipinski definition) is 3. The molecule has 3 N–H and O–H groups in total. The number of halogens is 2. The van der Waals surface area contributed by atoms with Gasteiger partial charge in [0, 0.05) is 37.0 Å². The lowest BCUT2D eigenvalue weighted by molar-refractivity contribution is 0.466. The van der Waals surface area contributed by atoms with E-state index in [9.17, 15) is 4.39 Å². The van der Waals surface area contributed by atoms with Gasteiger partial charge in [0.25, 0.3) is 0 Å². The predicted octanol–water partition coefficient (Wildman–Crippen LogP) is 4.32. The summed E-state index contributed by atoms with van der Waals surface area (Å²) in [5.41, 5.74) is 3.40. The third-order valence-electron chi connectivity index (χ3n) is 5.24. The van der Waals surface area contributed by atoms with Gasteiger partial charge in [0.15, 0.2) is 5.82 Å². The first-order valence-electron chi connectivity index (χ1n) is 9.77. The van der Waals surface area contributed by atoms with Gasteiger partial charge in [-0.15, -0.1) is 0 Å². The molecule has 3 aromatic heterocycles. The van der Waals surface area contributed by atoms with Gasteiger partial charge < -0.3 is 15.2 Å². The molecular weight excluding hydrogens is 407 g/mol. The van der Waals surface area contributed by atoms with Crippen molar-refractivity contribution < 1.29 is 4.39 Å². The SMILES string of the molecule is CCN(Cc1ccc2[nH]cnc2c1Cl)c1nccc(Nc2cc([C@@H]3C[C@@H]3F)[nH]n2)n1. The minimum absolute atomic E-state index is 0.0683. The zero-order valence-corrected chi connectivity index (χ0v) is 17.0. The lowest BCUT2D eigenvalue weighted by atomic mass is 10.2. The average Bonchev–Trinajstić information content (AvgIpc) is 3.12. The zero-order chi connectivity index (χ0) is 20.7. The Morgan fingerprint density at radius 1 is 1.27 bits per heavy atom. The van der Waals surface area contributed by atoms with Crippen LogP contribution in [0.1, 0.15) is 30.5 Å². The summed E-state index contributed by atoms with van der Waals surface area (Å²) in [6.45, 7) is 3.28. The van der Waals surface area contributed by atoms with E-state index in [1.54, 1.807) is 18.6 Å². The second-order valence-corrected chi connectivity index (χ2v) is 7.66. The molecule has 4 aromatic rings. The molecule has 0 bridgehead atoms. The highest BCUT2D eigenvalue weighted by Crippen LogP contribution is 2.43. The molecule has 1 saturated carbocycles. The highest BCUT2D eigenvalue weighted by molar-refractivity contribution is 6.35. The molecule has 5 rings (SSSR count). The first kappa shape index (κ1) is 18.8. The number of imidazole rings is 1. The van der Waals surface area contributed by atoms with Crippen molar-refractivity contribution in [2.45, 2.75) is 32.0 Å². The summed E-state index contributed by atoms with van der Waals surface area (Å²) in [4.78, 5) is 18.4. The fourth-order valence-corrected chi connectivity index (χ4v) is 3.72. The highest BCUT2D eigenvalue weighted by atomic mass is 35.5. The normalized spacial score (nSPS) is 18.0. The number of anilines is 3. The van der Waals surface area contributed by atoms with E-state index in [1.165, 1.54) is 0 Å². The number of alkyl halides is 1. The Hall–Kier alpha value is -3.20. The molecular formula is C20H20ClFN8. The quantitative estimate of drug-likeness (QED) is 0.407. The monoisotopic (exact) mass is 426 g/mol. The lowest BCUT2D eigenvalue weighted by Crippen LogP contribution is -2.24. The molecule has 1 aromatic carbocycles. The van der Waals surface area contributed by atoms with Crippen molar-refractivity contribution in [2.24, 2.45) is 0 Å². The van der Waals surface area contributed by atoms with E-state index in [-0.39, 0.29) is 5.92 Å². The Labute approximate surface area is 176 Å². The van der Waals surface area contributed by atoms with Gasteiger partial charge in [0.2, 0.25) is 5.95 Å². The Morgan fingerprint density at radius 3 is 2.93 bits per heavy atom. The lowest BCUT2D eigenvalue weighted by Gasteiger charge is -2.22.